The van der Waals surface area contributed by atoms with Crippen molar-refractivity contribution >= 4 is 29.2 Å². The first-order valence-electron chi connectivity index (χ1n) is 8.24. The van der Waals surface area contributed by atoms with Crippen LogP contribution in [0.3, 0.4) is 0 Å². The highest BCUT2D eigenvalue weighted by Crippen LogP contribution is 2.32. The largest absolute Gasteiger partial charge is 0.493 e. The number of hydrogen-bond acceptors (Lipinski definition) is 6. The fourth-order valence-corrected chi connectivity index (χ4v) is 2.68. The lowest BCUT2D eigenvalue weighted by Crippen LogP contribution is -1.97. The Labute approximate surface area is 166 Å². The average molecular weight is 401 g/mol. The highest BCUT2D eigenvalue weighted by molar-refractivity contribution is 6.30. The molecule has 0 radical (unpaired) electrons. The molecule has 0 fully saturated rings. The molecule has 1 N–H and O–H groups in total. The lowest BCUT2D eigenvalue weighted by Gasteiger charge is -2.07. The van der Waals surface area contributed by atoms with Crippen molar-refractivity contribution in [2.75, 3.05) is 14.2 Å². The Morgan fingerprint density at radius 2 is 1.86 bits per heavy atom. The Hall–Kier alpha value is -3.32. The van der Waals surface area contributed by atoms with Gasteiger partial charge in [0, 0.05) is 16.2 Å². The van der Waals surface area contributed by atoms with Gasteiger partial charge in [-0.15, -0.1) is 0 Å². The molecular weight excluding hydrogens is 384 g/mol. The number of aromatic nitrogens is 2. The fourth-order valence-electron chi connectivity index (χ4n) is 2.56. The molecule has 2 aromatic carbocycles. The molecule has 0 aliphatic carbocycles. The summed E-state index contributed by atoms with van der Waals surface area (Å²) >= 11 is 5.89. The van der Waals surface area contributed by atoms with Crippen molar-refractivity contribution in [1.82, 2.24) is 10.1 Å². The summed E-state index contributed by atoms with van der Waals surface area (Å²) in [4.78, 5) is 15.6. The number of hydrogen-bond donors (Lipinski definition) is 1. The third-order valence-corrected chi connectivity index (χ3v) is 4.15. The van der Waals surface area contributed by atoms with Crippen LogP contribution in [0, 0.1) is 0 Å². The van der Waals surface area contributed by atoms with E-state index < -0.39 is 5.97 Å². The number of methoxy groups -OCH3 is 2. The molecule has 8 heteroatoms. The van der Waals surface area contributed by atoms with E-state index in [2.05, 4.69) is 10.1 Å². The van der Waals surface area contributed by atoms with Gasteiger partial charge < -0.3 is 19.1 Å². The van der Waals surface area contributed by atoms with Crippen LogP contribution in [0.25, 0.3) is 23.0 Å². The number of carboxylic acids is 1. The lowest BCUT2D eigenvalue weighted by atomic mass is 10.1. The number of carbonyl (C=O) groups is 1. The van der Waals surface area contributed by atoms with Crippen LogP contribution in [0.15, 0.2) is 47.0 Å². The first-order valence-corrected chi connectivity index (χ1v) is 8.62. The third-order valence-electron chi connectivity index (χ3n) is 3.90. The van der Waals surface area contributed by atoms with Crippen molar-refractivity contribution in [3.8, 4) is 22.9 Å². The first-order chi connectivity index (χ1) is 13.5. The van der Waals surface area contributed by atoms with Gasteiger partial charge in [-0.3, -0.25) is 4.79 Å². The summed E-state index contributed by atoms with van der Waals surface area (Å²) in [5.41, 5.74) is 1.80. The van der Waals surface area contributed by atoms with E-state index in [4.69, 9.17) is 25.6 Å². The quantitative estimate of drug-likeness (QED) is 0.627. The van der Waals surface area contributed by atoms with Crippen molar-refractivity contribution < 1.29 is 23.9 Å². The number of benzene rings is 2. The van der Waals surface area contributed by atoms with Gasteiger partial charge in [0.25, 0.3) is 5.89 Å². The first kappa shape index (κ1) is 19.4. The maximum Gasteiger partial charge on any atom is 0.308 e. The summed E-state index contributed by atoms with van der Waals surface area (Å²) in [6.45, 7) is 0. The summed E-state index contributed by atoms with van der Waals surface area (Å²) in [5, 5.41) is 13.8. The van der Waals surface area contributed by atoms with E-state index >= 15 is 0 Å². The van der Waals surface area contributed by atoms with E-state index in [1.807, 2.05) is 0 Å². The highest BCUT2D eigenvalue weighted by Gasteiger charge is 2.17. The zero-order valence-corrected chi connectivity index (χ0v) is 15.9. The van der Waals surface area contributed by atoms with E-state index in [0.717, 1.165) is 5.56 Å². The van der Waals surface area contributed by atoms with Crippen molar-refractivity contribution in [2.24, 2.45) is 0 Å². The van der Waals surface area contributed by atoms with Gasteiger partial charge in [-0.2, -0.15) is 4.98 Å². The second kappa shape index (κ2) is 8.58. The van der Waals surface area contributed by atoms with E-state index in [-0.39, 0.29) is 12.3 Å². The van der Waals surface area contributed by atoms with Gasteiger partial charge in [-0.05, 0) is 42.0 Å². The van der Waals surface area contributed by atoms with E-state index in [0.29, 0.717) is 33.5 Å². The lowest BCUT2D eigenvalue weighted by molar-refractivity contribution is -0.135. The number of carboxylic acid groups (broad SMARTS) is 1. The molecule has 0 amide bonds. The molecule has 0 saturated heterocycles. The normalized spacial score (nSPS) is 11.3. The molecule has 0 spiro atoms. The third kappa shape index (κ3) is 4.50. The second-order valence-corrected chi connectivity index (χ2v) is 6.22. The molecule has 0 bridgehead atoms. The number of ether oxygens (including phenoxy) is 2. The van der Waals surface area contributed by atoms with E-state index in [1.54, 1.807) is 55.7 Å². The molecule has 1 aromatic heterocycles. The average Bonchev–Trinajstić information content (AvgIpc) is 3.18. The van der Waals surface area contributed by atoms with Crippen LogP contribution in [0.2, 0.25) is 5.02 Å². The Morgan fingerprint density at radius 3 is 2.50 bits per heavy atom. The van der Waals surface area contributed by atoms with Crippen molar-refractivity contribution in [3.05, 3.63) is 58.9 Å². The second-order valence-electron chi connectivity index (χ2n) is 5.78. The van der Waals surface area contributed by atoms with Gasteiger partial charge in [0.15, 0.2) is 11.5 Å². The molecule has 7 nitrogen and oxygen atoms in total. The standard InChI is InChI=1S/C20H17ClN2O5/c1-26-16-8-5-13(10-17(16)27-2)19-22-20(28-23-19)14(11-18(24)25)9-12-3-6-15(21)7-4-12/h3-10H,11H2,1-2H3,(H,24,25)/b14-9+. The van der Waals surface area contributed by atoms with Gasteiger partial charge in [0.2, 0.25) is 5.82 Å². The van der Waals surface area contributed by atoms with E-state index in [9.17, 15) is 9.90 Å². The zero-order chi connectivity index (χ0) is 20.1. The molecule has 0 aliphatic heterocycles. The van der Waals surface area contributed by atoms with Gasteiger partial charge in [-0.1, -0.05) is 28.9 Å². The van der Waals surface area contributed by atoms with Crippen LogP contribution >= 0.6 is 11.6 Å². The minimum Gasteiger partial charge on any atom is -0.493 e. The molecule has 0 aliphatic rings. The summed E-state index contributed by atoms with van der Waals surface area (Å²) < 4.78 is 15.8. The summed E-state index contributed by atoms with van der Waals surface area (Å²) in [5.74, 6) is 0.523. The number of rotatable bonds is 7. The van der Waals surface area contributed by atoms with Crippen LogP contribution in [-0.2, 0) is 4.79 Å². The fraction of sp³-hybridized carbons (Fsp3) is 0.150. The molecule has 0 atom stereocenters. The molecule has 144 valence electrons. The van der Waals surface area contributed by atoms with Crippen molar-refractivity contribution in [2.45, 2.75) is 6.42 Å². The molecule has 0 saturated carbocycles. The Morgan fingerprint density at radius 1 is 1.14 bits per heavy atom. The minimum absolute atomic E-state index is 0.127. The summed E-state index contributed by atoms with van der Waals surface area (Å²) in [6, 6.07) is 12.2. The van der Waals surface area contributed by atoms with Crippen LogP contribution < -0.4 is 9.47 Å². The monoisotopic (exact) mass is 400 g/mol. The topological polar surface area (TPSA) is 94.7 Å². The van der Waals surface area contributed by atoms with Crippen LogP contribution in [0.5, 0.6) is 11.5 Å². The number of aliphatic carboxylic acids is 1. The molecule has 0 unspecified atom stereocenters. The number of nitrogens with zero attached hydrogens (tertiary/aromatic N) is 2. The predicted octanol–water partition coefficient (Wildman–Crippen LogP) is 4.42. The smallest absolute Gasteiger partial charge is 0.308 e. The summed E-state index contributed by atoms with van der Waals surface area (Å²) in [6.07, 6.45) is 1.41. The van der Waals surface area contributed by atoms with Gasteiger partial charge in [0.1, 0.15) is 0 Å². The maximum absolute atomic E-state index is 11.3. The summed E-state index contributed by atoms with van der Waals surface area (Å²) in [7, 11) is 3.08. The molecule has 3 rings (SSSR count). The molecular formula is C20H17ClN2O5. The van der Waals surface area contributed by atoms with Crippen LogP contribution in [0.4, 0.5) is 0 Å². The highest BCUT2D eigenvalue weighted by atomic mass is 35.5. The minimum atomic E-state index is -1.01. The van der Waals surface area contributed by atoms with E-state index in [1.165, 1.54) is 7.11 Å². The van der Waals surface area contributed by atoms with Crippen molar-refractivity contribution in [3.63, 3.8) is 0 Å². The van der Waals surface area contributed by atoms with Crippen LogP contribution in [0.1, 0.15) is 17.9 Å². The van der Waals surface area contributed by atoms with Gasteiger partial charge >= 0.3 is 5.97 Å². The number of halogens is 1. The Kier molecular flexibility index (Phi) is 5.96. The Balaban J connectivity index is 1.96. The van der Waals surface area contributed by atoms with Gasteiger partial charge in [-0.25, -0.2) is 0 Å². The van der Waals surface area contributed by atoms with Crippen LogP contribution in [-0.4, -0.2) is 35.4 Å². The SMILES string of the molecule is COc1ccc(-c2noc(/C(=C/c3ccc(Cl)cc3)CC(=O)O)n2)cc1OC. The Bertz CT molecular complexity index is 1010. The molecule has 28 heavy (non-hydrogen) atoms. The zero-order valence-electron chi connectivity index (χ0n) is 15.2. The van der Waals surface area contributed by atoms with Gasteiger partial charge in [0.05, 0.1) is 20.6 Å². The maximum atomic E-state index is 11.3. The molecule has 1 heterocycles. The van der Waals surface area contributed by atoms with Crippen molar-refractivity contribution in [1.29, 1.82) is 0 Å². The molecule has 3 aromatic rings. The predicted molar refractivity (Wildman–Crippen MR) is 104 cm³/mol.